The average Bonchev–Trinajstić information content (AvgIpc) is 3.40. The van der Waals surface area contributed by atoms with Crippen molar-refractivity contribution in [3.05, 3.63) is 144 Å². The summed E-state index contributed by atoms with van der Waals surface area (Å²) < 4.78 is 12.0. The number of methoxy groups -OCH3 is 1. The van der Waals surface area contributed by atoms with E-state index in [0.29, 0.717) is 12.3 Å². The Hall–Kier alpha value is -4.91. The van der Waals surface area contributed by atoms with Gasteiger partial charge in [-0.25, -0.2) is 14.4 Å². The molecule has 49 heavy (non-hydrogen) atoms. The molecule has 1 aliphatic carbocycles. The molecule has 1 aliphatic heterocycles. The molecule has 0 radical (unpaired) electrons. The number of hydrogen-bond donors (Lipinski definition) is 0. The van der Waals surface area contributed by atoms with Gasteiger partial charge in [0.25, 0.3) is 0 Å². The Balaban J connectivity index is 1.43. The molecule has 2 fully saturated rings. The highest BCUT2D eigenvalue weighted by Crippen LogP contribution is 2.45. The molecule has 5 unspecified atom stereocenters. The van der Waals surface area contributed by atoms with Gasteiger partial charge in [0, 0.05) is 12.5 Å². The van der Waals surface area contributed by atoms with Crippen LogP contribution in [-0.4, -0.2) is 53.1 Å². The molecule has 6 rings (SSSR count). The van der Waals surface area contributed by atoms with Gasteiger partial charge in [0.1, 0.15) is 6.10 Å². The number of benzene rings is 4. The monoisotopic (exact) mass is 658 g/mol. The topological polar surface area (TPSA) is 76.2 Å². The second kappa shape index (κ2) is 14.7. The number of nitrogens with zero attached hydrogens (tertiary/aromatic N) is 2. The minimum absolute atomic E-state index is 0.0452. The molecule has 5 atom stereocenters. The Morgan fingerprint density at radius 1 is 0.755 bits per heavy atom. The first-order valence-electron chi connectivity index (χ1n) is 17.3. The Morgan fingerprint density at radius 3 is 1.84 bits per heavy atom. The smallest absolute Gasteiger partial charge is 0.332 e. The number of carbonyl (C=O) groups is 3. The van der Waals surface area contributed by atoms with Crippen LogP contribution in [0.3, 0.4) is 0 Å². The summed E-state index contributed by atoms with van der Waals surface area (Å²) in [6, 6.07) is 35.5. The van der Waals surface area contributed by atoms with E-state index in [4.69, 9.17) is 9.47 Å². The molecule has 0 spiro atoms. The zero-order valence-electron chi connectivity index (χ0n) is 28.8. The summed E-state index contributed by atoms with van der Waals surface area (Å²) in [5, 5.41) is 0. The lowest BCUT2D eigenvalue weighted by Crippen LogP contribution is -2.52. The van der Waals surface area contributed by atoms with Crippen molar-refractivity contribution in [2.24, 2.45) is 11.8 Å². The first kappa shape index (κ1) is 34.0. The van der Waals surface area contributed by atoms with E-state index in [-0.39, 0.29) is 17.9 Å². The molecule has 7 heteroatoms. The van der Waals surface area contributed by atoms with Crippen LogP contribution in [0.15, 0.2) is 121 Å². The molecule has 0 N–H and O–H groups in total. The first-order chi connectivity index (χ1) is 23.7. The van der Waals surface area contributed by atoms with Crippen LogP contribution in [0.4, 0.5) is 4.79 Å². The van der Waals surface area contributed by atoms with Gasteiger partial charge >= 0.3 is 18.0 Å². The quantitative estimate of drug-likeness (QED) is 0.162. The minimum Gasteiger partial charge on any atom is -0.467 e. The van der Waals surface area contributed by atoms with E-state index in [1.807, 2.05) is 109 Å². The Labute approximate surface area is 289 Å². The molecule has 1 saturated heterocycles. The van der Waals surface area contributed by atoms with Gasteiger partial charge in [0.15, 0.2) is 12.1 Å². The fourth-order valence-corrected chi connectivity index (χ4v) is 7.91. The second-order valence-electron chi connectivity index (χ2n) is 14.0. The van der Waals surface area contributed by atoms with Crippen LogP contribution >= 0.6 is 0 Å². The van der Waals surface area contributed by atoms with Gasteiger partial charge in [-0.3, -0.25) is 4.90 Å². The Bertz CT molecular complexity index is 1670. The number of rotatable bonds is 10. The maximum absolute atomic E-state index is 14.8. The first-order valence-corrected chi connectivity index (χ1v) is 17.3. The lowest BCUT2D eigenvalue weighted by molar-refractivity contribution is -0.166. The van der Waals surface area contributed by atoms with Gasteiger partial charge in [-0.2, -0.15) is 0 Å². The van der Waals surface area contributed by atoms with Gasteiger partial charge < -0.3 is 14.4 Å². The van der Waals surface area contributed by atoms with Gasteiger partial charge in [-0.05, 0) is 46.4 Å². The predicted molar refractivity (Wildman–Crippen MR) is 189 cm³/mol. The molecule has 1 heterocycles. The normalized spacial score (nSPS) is 22.6. The number of esters is 2. The van der Waals surface area contributed by atoms with Crippen LogP contribution in [0.2, 0.25) is 0 Å². The number of ether oxygens (including phenoxy) is 2. The number of carbonyl (C=O) groups excluding carboxylic acids is 3. The lowest BCUT2D eigenvalue weighted by atomic mass is 9.64. The second-order valence-corrected chi connectivity index (χ2v) is 14.0. The van der Waals surface area contributed by atoms with Crippen LogP contribution in [0.25, 0.3) is 0 Å². The highest BCUT2D eigenvalue weighted by atomic mass is 16.5. The van der Waals surface area contributed by atoms with E-state index < -0.39 is 42.2 Å². The number of hydrogen-bond acceptors (Lipinski definition) is 5. The fourth-order valence-electron chi connectivity index (χ4n) is 7.91. The zero-order chi connectivity index (χ0) is 34.5. The minimum atomic E-state index is -1.25. The average molecular weight is 659 g/mol. The Kier molecular flexibility index (Phi) is 10.2. The molecular formula is C42H46N2O5. The van der Waals surface area contributed by atoms with Crippen LogP contribution < -0.4 is 0 Å². The van der Waals surface area contributed by atoms with Gasteiger partial charge in [-0.15, -0.1) is 0 Å². The van der Waals surface area contributed by atoms with Crippen molar-refractivity contribution < 1.29 is 23.9 Å². The van der Waals surface area contributed by atoms with Gasteiger partial charge in [-0.1, -0.05) is 149 Å². The summed E-state index contributed by atoms with van der Waals surface area (Å²) in [6.07, 6.45) is 2.24. The zero-order valence-corrected chi connectivity index (χ0v) is 28.8. The molecule has 2 aliphatic rings. The van der Waals surface area contributed by atoms with Crippen LogP contribution in [-0.2, 0) is 31.0 Å². The highest BCUT2D eigenvalue weighted by Gasteiger charge is 2.57. The van der Waals surface area contributed by atoms with Crippen molar-refractivity contribution in [1.29, 1.82) is 0 Å². The van der Waals surface area contributed by atoms with Crippen molar-refractivity contribution in [2.75, 3.05) is 7.11 Å². The molecule has 2 amide bonds. The maximum atomic E-state index is 14.8. The summed E-state index contributed by atoms with van der Waals surface area (Å²) in [7, 11) is 1.30. The standard InChI is InChI=1S/C42H46N2O5/c1-29-25-26-34(42(2,3)33-23-15-8-16-24-33)35(27-29)49-40(46)37-38(39(45)48-4)44(41(47)43(37)28-30-17-9-5-10-18-30)36(31-19-11-6-12-20-31)32-21-13-7-14-22-32/h5-24,29,34-38H,25-28H2,1-4H3. The van der Waals surface area contributed by atoms with Crippen molar-refractivity contribution in [3.8, 4) is 0 Å². The number of amides is 2. The summed E-state index contributed by atoms with van der Waals surface area (Å²) in [5.74, 6) is -0.848. The van der Waals surface area contributed by atoms with Crippen molar-refractivity contribution >= 4 is 18.0 Å². The maximum Gasteiger partial charge on any atom is 0.332 e. The molecule has 4 aromatic rings. The van der Waals surface area contributed by atoms with E-state index in [2.05, 4.69) is 32.9 Å². The summed E-state index contributed by atoms with van der Waals surface area (Å²) in [5.41, 5.74) is 3.38. The third kappa shape index (κ3) is 6.98. The van der Waals surface area contributed by atoms with Crippen molar-refractivity contribution in [1.82, 2.24) is 9.80 Å². The molecule has 254 valence electrons. The van der Waals surface area contributed by atoms with Crippen LogP contribution in [0.1, 0.15) is 68.3 Å². The summed E-state index contributed by atoms with van der Waals surface area (Å²) >= 11 is 0. The third-order valence-electron chi connectivity index (χ3n) is 10.6. The summed E-state index contributed by atoms with van der Waals surface area (Å²) in [4.78, 5) is 46.6. The number of urea groups is 1. The van der Waals surface area contributed by atoms with Crippen molar-refractivity contribution in [2.45, 2.75) is 76.2 Å². The van der Waals surface area contributed by atoms with Gasteiger partial charge in [0.05, 0.1) is 13.2 Å². The molecule has 4 aromatic carbocycles. The highest BCUT2D eigenvalue weighted by molar-refractivity contribution is 5.97. The van der Waals surface area contributed by atoms with Gasteiger partial charge in [0.2, 0.25) is 0 Å². The third-order valence-corrected chi connectivity index (χ3v) is 10.6. The Morgan fingerprint density at radius 2 is 1.29 bits per heavy atom. The fraction of sp³-hybridized carbons (Fsp3) is 0.357. The molecule has 7 nitrogen and oxygen atoms in total. The molecule has 1 saturated carbocycles. The molecular weight excluding hydrogens is 612 g/mol. The van der Waals surface area contributed by atoms with Crippen molar-refractivity contribution in [3.63, 3.8) is 0 Å². The van der Waals surface area contributed by atoms with E-state index in [1.165, 1.54) is 22.5 Å². The lowest BCUT2D eigenvalue weighted by Gasteiger charge is -2.44. The SMILES string of the molecule is COC(=O)C1C(C(=O)OC2CC(C)CCC2C(C)(C)c2ccccc2)N(Cc2ccccc2)C(=O)N1C(c1ccccc1)c1ccccc1. The van der Waals surface area contributed by atoms with E-state index in [0.717, 1.165) is 29.5 Å². The van der Waals surface area contributed by atoms with E-state index >= 15 is 0 Å². The summed E-state index contributed by atoms with van der Waals surface area (Å²) in [6.45, 7) is 6.75. The molecule has 0 aromatic heterocycles. The predicted octanol–water partition coefficient (Wildman–Crippen LogP) is 7.95. The van der Waals surface area contributed by atoms with E-state index in [9.17, 15) is 14.4 Å². The van der Waals surface area contributed by atoms with E-state index in [1.54, 1.807) is 0 Å². The van der Waals surface area contributed by atoms with Crippen LogP contribution in [0.5, 0.6) is 0 Å². The van der Waals surface area contributed by atoms with Crippen LogP contribution in [0, 0.1) is 11.8 Å². The largest absolute Gasteiger partial charge is 0.467 e. The molecule has 0 bridgehead atoms.